The van der Waals surface area contributed by atoms with Gasteiger partial charge in [-0.15, -0.1) is 11.3 Å². The van der Waals surface area contributed by atoms with Crippen LogP contribution in [0.3, 0.4) is 0 Å². The van der Waals surface area contributed by atoms with Gasteiger partial charge in [0.1, 0.15) is 0 Å². The maximum atomic E-state index is 12.0. The molecular weight excluding hydrogens is 348 g/mol. The van der Waals surface area contributed by atoms with E-state index in [-0.39, 0.29) is 11.9 Å². The van der Waals surface area contributed by atoms with E-state index in [0.717, 1.165) is 15.9 Å². The summed E-state index contributed by atoms with van der Waals surface area (Å²) in [5.41, 5.74) is 1.64. The number of rotatable bonds is 6. The fourth-order valence-corrected chi connectivity index (χ4v) is 3.40. The highest BCUT2D eigenvalue weighted by molar-refractivity contribution is 9.11. The fourth-order valence-electron chi connectivity index (χ4n) is 1.97. The first-order valence-corrected chi connectivity index (χ1v) is 8.61. The van der Waals surface area contributed by atoms with Gasteiger partial charge >= 0.3 is 0 Å². The lowest BCUT2D eigenvalue weighted by atomic mass is 10.1. The molecule has 0 fully saturated rings. The Hall–Kier alpha value is -1.33. The minimum Gasteiger partial charge on any atom is -0.378 e. The Morgan fingerprint density at radius 2 is 2.14 bits per heavy atom. The molecule has 112 valence electrons. The monoisotopic (exact) mass is 366 g/mol. The third-order valence-electron chi connectivity index (χ3n) is 3.06. The Bertz CT molecular complexity index is 612. The van der Waals surface area contributed by atoms with Crippen LogP contribution in [0.5, 0.6) is 0 Å². The highest BCUT2D eigenvalue weighted by Gasteiger charge is 2.10. The minimum atomic E-state index is -0.0213. The van der Waals surface area contributed by atoms with Crippen LogP contribution < -0.4 is 10.6 Å². The molecule has 1 atom stereocenters. The quantitative estimate of drug-likeness (QED) is 0.768. The molecule has 0 bridgehead atoms. The number of benzene rings is 1. The number of carbonyl (C=O) groups is 1. The third kappa shape index (κ3) is 4.58. The lowest BCUT2D eigenvalue weighted by Crippen LogP contribution is -2.24. The lowest BCUT2D eigenvalue weighted by molar-refractivity contribution is 0.0953. The summed E-state index contributed by atoms with van der Waals surface area (Å²) in [6.07, 6.45) is 0.938. The second kappa shape index (κ2) is 7.61. The van der Waals surface area contributed by atoms with Crippen molar-refractivity contribution < 1.29 is 4.79 Å². The number of carbonyl (C=O) groups excluding carboxylic acids is 1. The third-order valence-corrected chi connectivity index (χ3v) is 4.87. The van der Waals surface area contributed by atoms with Crippen molar-refractivity contribution in [1.82, 2.24) is 5.32 Å². The van der Waals surface area contributed by atoms with Gasteiger partial charge in [0.15, 0.2) is 0 Å². The van der Waals surface area contributed by atoms with Gasteiger partial charge in [0.05, 0.1) is 9.83 Å². The van der Waals surface area contributed by atoms with E-state index in [4.69, 9.17) is 0 Å². The number of amides is 1. The molecular formula is C16H19BrN2OS. The van der Waals surface area contributed by atoms with E-state index in [2.05, 4.69) is 39.6 Å². The van der Waals surface area contributed by atoms with Gasteiger partial charge in [0.2, 0.25) is 0 Å². The number of hydrogen-bond donors (Lipinski definition) is 2. The van der Waals surface area contributed by atoms with Crippen molar-refractivity contribution in [3.63, 3.8) is 0 Å². The Labute approximate surface area is 137 Å². The summed E-state index contributed by atoms with van der Waals surface area (Å²) < 4.78 is 1.12. The van der Waals surface area contributed by atoms with Crippen LogP contribution in [0.15, 0.2) is 40.2 Å². The largest absolute Gasteiger partial charge is 0.378 e. The maximum Gasteiger partial charge on any atom is 0.251 e. The Kier molecular flexibility index (Phi) is 5.82. The first kappa shape index (κ1) is 16.0. The smallest absolute Gasteiger partial charge is 0.251 e. The van der Waals surface area contributed by atoms with Gasteiger partial charge in [-0.1, -0.05) is 13.0 Å². The number of thiophene rings is 1. The van der Waals surface area contributed by atoms with Crippen LogP contribution in [0, 0.1) is 0 Å². The van der Waals surface area contributed by atoms with Crippen LogP contribution in [0.25, 0.3) is 0 Å². The number of nitrogens with one attached hydrogen (secondary N) is 2. The van der Waals surface area contributed by atoms with Crippen molar-refractivity contribution in [2.24, 2.45) is 0 Å². The molecule has 2 aromatic rings. The fraction of sp³-hybridized carbons (Fsp3) is 0.312. The van der Waals surface area contributed by atoms with E-state index in [1.807, 2.05) is 37.3 Å². The summed E-state index contributed by atoms with van der Waals surface area (Å²) in [6, 6.07) is 12.0. The topological polar surface area (TPSA) is 41.1 Å². The van der Waals surface area contributed by atoms with E-state index in [0.29, 0.717) is 12.1 Å². The van der Waals surface area contributed by atoms with Gasteiger partial charge in [0, 0.05) is 22.7 Å². The zero-order valence-electron chi connectivity index (χ0n) is 12.2. The second-order valence-corrected chi connectivity index (χ2v) is 7.34. The van der Waals surface area contributed by atoms with Gasteiger partial charge in [-0.3, -0.25) is 4.79 Å². The van der Waals surface area contributed by atoms with Crippen LogP contribution in [0.4, 0.5) is 5.69 Å². The van der Waals surface area contributed by atoms with Gasteiger partial charge in [-0.2, -0.15) is 0 Å². The molecule has 0 aliphatic rings. The van der Waals surface area contributed by atoms with Gasteiger partial charge in [-0.05, 0) is 59.6 Å². The van der Waals surface area contributed by atoms with Crippen LogP contribution in [-0.4, -0.2) is 12.5 Å². The predicted molar refractivity (Wildman–Crippen MR) is 93.1 cm³/mol. The molecule has 1 amide bonds. The summed E-state index contributed by atoms with van der Waals surface area (Å²) in [5, 5.41) is 6.33. The van der Waals surface area contributed by atoms with Crippen LogP contribution in [-0.2, 0) is 0 Å². The van der Waals surface area contributed by atoms with E-state index in [1.54, 1.807) is 11.3 Å². The molecule has 1 heterocycles. The Balaban J connectivity index is 2.05. The summed E-state index contributed by atoms with van der Waals surface area (Å²) in [5.74, 6) is -0.0213. The van der Waals surface area contributed by atoms with Gasteiger partial charge < -0.3 is 10.6 Å². The van der Waals surface area contributed by atoms with Crippen molar-refractivity contribution in [2.75, 3.05) is 11.9 Å². The van der Waals surface area contributed by atoms with Gasteiger partial charge in [0.25, 0.3) is 5.91 Å². The zero-order chi connectivity index (χ0) is 15.2. The molecule has 21 heavy (non-hydrogen) atoms. The Morgan fingerprint density at radius 3 is 2.81 bits per heavy atom. The molecule has 0 radical (unpaired) electrons. The average Bonchev–Trinajstić information content (AvgIpc) is 2.91. The first-order valence-electron chi connectivity index (χ1n) is 7.00. The van der Waals surface area contributed by atoms with Crippen molar-refractivity contribution in [3.8, 4) is 0 Å². The number of hydrogen-bond acceptors (Lipinski definition) is 3. The molecule has 1 unspecified atom stereocenters. The van der Waals surface area contributed by atoms with E-state index in [1.165, 1.54) is 4.88 Å². The van der Waals surface area contributed by atoms with Gasteiger partial charge in [-0.25, -0.2) is 0 Å². The van der Waals surface area contributed by atoms with Crippen LogP contribution in [0.2, 0.25) is 0 Å². The standard InChI is InChI=1S/C16H19BrN2OS/c1-3-9-18-16(20)12-5-4-6-13(10-12)19-11(2)14-7-8-15(17)21-14/h4-8,10-11,19H,3,9H2,1-2H3,(H,18,20). The molecule has 0 saturated carbocycles. The first-order chi connectivity index (χ1) is 10.1. The SMILES string of the molecule is CCCNC(=O)c1cccc(NC(C)c2ccc(Br)s2)c1. The molecule has 0 spiro atoms. The zero-order valence-corrected chi connectivity index (χ0v) is 14.6. The van der Waals surface area contributed by atoms with E-state index >= 15 is 0 Å². The average molecular weight is 367 g/mol. The van der Waals surface area contributed by atoms with Crippen molar-refractivity contribution in [1.29, 1.82) is 0 Å². The number of halogens is 1. The highest BCUT2D eigenvalue weighted by Crippen LogP contribution is 2.29. The van der Waals surface area contributed by atoms with Crippen LogP contribution in [0.1, 0.15) is 41.5 Å². The molecule has 1 aromatic heterocycles. The van der Waals surface area contributed by atoms with Crippen molar-refractivity contribution in [3.05, 3.63) is 50.6 Å². The second-order valence-electron chi connectivity index (χ2n) is 4.84. The molecule has 3 nitrogen and oxygen atoms in total. The van der Waals surface area contributed by atoms with E-state index in [9.17, 15) is 4.79 Å². The minimum absolute atomic E-state index is 0.0213. The molecule has 0 saturated heterocycles. The van der Waals surface area contributed by atoms with E-state index < -0.39 is 0 Å². The highest BCUT2D eigenvalue weighted by atomic mass is 79.9. The van der Waals surface area contributed by atoms with Crippen LogP contribution >= 0.6 is 27.3 Å². The number of anilines is 1. The predicted octanol–water partition coefficient (Wildman–Crippen LogP) is 4.82. The normalized spacial score (nSPS) is 12.0. The summed E-state index contributed by atoms with van der Waals surface area (Å²) in [7, 11) is 0. The van der Waals surface area contributed by atoms with Crippen molar-refractivity contribution in [2.45, 2.75) is 26.3 Å². The maximum absolute atomic E-state index is 12.0. The molecule has 2 rings (SSSR count). The summed E-state index contributed by atoms with van der Waals surface area (Å²) in [6.45, 7) is 4.86. The summed E-state index contributed by atoms with van der Waals surface area (Å²) in [4.78, 5) is 13.2. The summed E-state index contributed by atoms with van der Waals surface area (Å²) >= 11 is 5.19. The molecule has 5 heteroatoms. The molecule has 2 N–H and O–H groups in total. The van der Waals surface area contributed by atoms with Crippen molar-refractivity contribution >= 4 is 38.9 Å². The Morgan fingerprint density at radius 1 is 1.33 bits per heavy atom. The lowest BCUT2D eigenvalue weighted by Gasteiger charge is -2.14. The molecule has 0 aliphatic carbocycles. The molecule has 0 aliphatic heterocycles. The molecule has 1 aromatic carbocycles.